The fourth-order valence-electron chi connectivity index (χ4n) is 3.48. The molecule has 0 bridgehead atoms. The van der Waals surface area contributed by atoms with Gasteiger partial charge in [0.15, 0.2) is 0 Å². The van der Waals surface area contributed by atoms with Crippen LogP contribution in [0.4, 0.5) is 0 Å². The molecular weight excluding hydrogens is 306 g/mol. The molecule has 6 nitrogen and oxygen atoms in total. The van der Waals surface area contributed by atoms with E-state index in [0.717, 1.165) is 37.7 Å². The van der Waals surface area contributed by atoms with Gasteiger partial charge in [-0.25, -0.2) is 0 Å². The molecule has 1 amide bonds. The second-order valence-corrected chi connectivity index (χ2v) is 6.25. The van der Waals surface area contributed by atoms with Crippen LogP contribution in [0.25, 0.3) is 10.9 Å². The van der Waals surface area contributed by atoms with Gasteiger partial charge in [-0.05, 0) is 37.8 Å². The summed E-state index contributed by atoms with van der Waals surface area (Å²) in [5.41, 5.74) is 0.660. The summed E-state index contributed by atoms with van der Waals surface area (Å²) in [6.45, 7) is 1.43. The highest BCUT2D eigenvalue weighted by molar-refractivity contribution is 5.79. The van der Waals surface area contributed by atoms with Gasteiger partial charge in [0.25, 0.3) is 0 Å². The van der Waals surface area contributed by atoms with Gasteiger partial charge in [-0.2, -0.15) is 5.10 Å². The number of amides is 1. The number of hydrogen-bond acceptors (Lipinski definition) is 4. The number of carbonyl (C=O) groups excluding carboxylic acids is 1. The first-order chi connectivity index (χ1) is 11.7. The zero-order valence-corrected chi connectivity index (χ0v) is 13.7. The van der Waals surface area contributed by atoms with Crippen molar-refractivity contribution in [3.05, 3.63) is 40.7 Å². The summed E-state index contributed by atoms with van der Waals surface area (Å²) in [6.07, 6.45) is 5.33. The third-order valence-electron chi connectivity index (χ3n) is 4.69. The van der Waals surface area contributed by atoms with Crippen molar-refractivity contribution in [1.82, 2.24) is 14.7 Å². The Labute approximate surface area is 140 Å². The molecule has 0 spiro atoms. The molecule has 1 unspecified atom stereocenters. The summed E-state index contributed by atoms with van der Waals surface area (Å²) in [5, 5.41) is 13.8. The minimum atomic E-state index is -0.100. The highest BCUT2D eigenvalue weighted by atomic mass is 16.3. The molecule has 1 aliphatic rings. The van der Waals surface area contributed by atoms with Crippen molar-refractivity contribution in [3.63, 3.8) is 0 Å². The van der Waals surface area contributed by atoms with Crippen LogP contribution in [0.15, 0.2) is 35.3 Å². The lowest BCUT2D eigenvalue weighted by Gasteiger charge is -2.24. The molecule has 1 N–H and O–H groups in total. The maximum absolute atomic E-state index is 12.6. The average molecular weight is 329 g/mol. The van der Waals surface area contributed by atoms with E-state index in [1.54, 1.807) is 10.7 Å². The number of aromatic nitrogens is 2. The molecule has 6 heteroatoms. The number of aliphatic hydroxyl groups is 1. The smallest absolute Gasteiger partial charge is 0.224 e. The number of hydrogen-bond donors (Lipinski definition) is 1. The zero-order chi connectivity index (χ0) is 16.9. The van der Waals surface area contributed by atoms with Gasteiger partial charge in [-0.3, -0.25) is 14.3 Å². The Hall–Kier alpha value is -2.21. The van der Waals surface area contributed by atoms with Gasteiger partial charge in [0.05, 0.1) is 18.3 Å². The fraction of sp³-hybridized carbons (Fsp3) is 0.500. The van der Waals surface area contributed by atoms with E-state index in [9.17, 15) is 9.59 Å². The number of likely N-dealkylation sites (tertiary alicyclic amines) is 1. The van der Waals surface area contributed by atoms with Crippen LogP contribution in [0.1, 0.15) is 32.1 Å². The summed E-state index contributed by atoms with van der Waals surface area (Å²) in [6, 6.07) is 7.59. The Kier molecular flexibility index (Phi) is 5.25. The van der Waals surface area contributed by atoms with Crippen LogP contribution in [-0.2, 0) is 11.3 Å². The summed E-state index contributed by atoms with van der Waals surface area (Å²) < 4.78 is 1.73. The largest absolute Gasteiger partial charge is 0.396 e. The van der Waals surface area contributed by atoms with Crippen LogP contribution >= 0.6 is 0 Å². The first-order valence-electron chi connectivity index (χ1n) is 8.56. The number of carbonyl (C=O) groups is 1. The van der Waals surface area contributed by atoms with Crippen molar-refractivity contribution >= 4 is 16.8 Å². The third-order valence-corrected chi connectivity index (χ3v) is 4.69. The number of fused-ring (bicyclic) bond motifs is 1. The predicted molar refractivity (Wildman–Crippen MR) is 91.7 cm³/mol. The molecule has 0 saturated carbocycles. The number of rotatable bonds is 6. The summed E-state index contributed by atoms with van der Waals surface area (Å²) in [7, 11) is 0. The first kappa shape index (κ1) is 16.6. The Morgan fingerprint density at radius 2 is 2.17 bits per heavy atom. The van der Waals surface area contributed by atoms with E-state index >= 15 is 0 Å². The molecule has 1 saturated heterocycles. The topological polar surface area (TPSA) is 75.4 Å². The SMILES string of the molecule is O=C(CCn1ncc(=O)c2ccccc21)N1CCCC1CCCO. The molecule has 1 atom stereocenters. The Morgan fingerprint density at radius 3 is 3.00 bits per heavy atom. The molecule has 1 aromatic heterocycles. The molecule has 1 aliphatic heterocycles. The molecule has 0 radical (unpaired) electrons. The molecule has 24 heavy (non-hydrogen) atoms. The van der Waals surface area contributed by atoms with Crippen molar-refractivity contribution in [2.75, 3.05) is 13.2 Å². The van der Waals surface area contributed by atoms with E-state index in [0.29, 0.717) is 18.4 Å². The van der Waals surface area contributed by atoms with Crippen LogP contribution in [0, 0.1) is 0 Å². The summed E-state index contributed by atoms with van der Waals surface area (Å²) in [4.78, 5) is 26.4. The highest BCUT2D eigenvalue weighted by Gasteiger charge is 2.27. The van der Waals surface area contributed by atoms with Gasteiger partial charge < -0.3 is 10.0 Å². The predicted octanol–water partition coefficient (Wildman–Crippen LogP) is 1.55. The van der Waals surface area contributed by atoms with Gasteiger partial charge in [0, 0.05) is 31.0 Å². The molecule has 1 fully saturated rings. The first-order valence-corrected chi connectivity index (χ1v) is 8.56. The van der Waals surface area contributed by atoms with E-state index in [1.807, 2.05) is 23.1 Å². The van der Waals surface area contributed by atoms with Crippen molar-refractivity contribution in [2.45, 2.75) is 44.7 Å². The molecule has 3 rings (SSSR count). The van der Waals surface area contributed by atoms with Crippen LogP contribution in [0.3, 0.4) is 0 Å². The zero-order valence-electron chi connectivity index (χ0n) is 13.7. The molecular formula is C18H23N3O3. The van der Waals surface area contributed by atoms with E-state index in [1.165, 1.54) is 6.20 Å². The number of para-hydroxylation sites is 1. The van der Waals surface area contributed by atoms with Crippen molar-refractivity contribution in [2.24, 2.45) is 0 Å². The number of aryl methyl sites for hydroxylation is 1. The van der Waals surface area contributed by atoms with Gasteiger partial charge in [0.2, 0.25) is 11.3 Å². The average Bonchev–Trinajstić information content (AvgIpc) is 3.08. The summed E-state index contributed by atoms with van der Waals surface area (Å²) >= 11 is 0. The quantitative estimate of drug-likeness (QED) is 0.872. The lowest BCUT2D eigenvalue weighted by Crippen LogP contribution is -2.36. The third kappa shape index (κ3) is 3.48. The maximum atomic E-state index is 12.6. The molecule has 1 aromatic carbocycles. The Balaban J connectivity index is 1.68. The van der Waals surface area contributed by atoms with Crippen molar-refractivity contribution in [1.29, 1.82) is 0 Å². The lowest BCUT2D eigenvalue weighted by atomic mass is 10.1. The molecule has 128 valence electrons. The molecule has 2 aromatic rings. The summed E-state index contributed by atoms with van der Waals surface area (Å²) in [5.74, 6) is 0.125. The van der Waals surface area contributed by atoms with Crippen LogP contribution in [0.2, 0.25) is 0 Å². The van der Waals surface area contributed by atoms with Crippen molar-refractivity contribution < 1.29 is 9.90 Å². The minimum absolute atomic E-state index is 0.100. The fourth-order valence-corrected chi connectivity index (χ4v) is 3.48. The van der Waals surface area contributed by atoms with Crippen LogP contribution < -0.4 is 5.43 Å². The Morgan fingerprint density at radius 1 is 1.33 bits per heavy atom. The number of benzene rings is 1. The van der Waals surface area contributed by atoms with Gasteiger partial charge >= 0.3 is 0 Å². The van der Waals surface area contributed by atoms with Crippen LogP contribution in [-0.4, -0.2) is 44.9 Å². The minimum Gasteiger partial charge on any atom is -0.396 e. The van der Waals surface area contributed by atoms with E-state index in [2.05, 4.69) is 5.10 Å². The van der Waals surface area contributed by atoms with E-state index in [4.69, 9.17) is 5.11 Å². The monoisotopic (exact) mass is 329 g/mol. The number of aliphatic hydroxyl groups excluding tert-OH is 1. The number of nitrogens with zero attached hydrogens (tertiary/aromatic N) is 3. The normalized spacial score (nSPS) is 17.5. The molecule has 2 heterocycles. The standard InChI is InChI=1S/C18H23N3O3/c22-12-4-6-14-5-3-10-20(14)18(24)9-11-21-16-8-2-1-7-15(16)17(23)13-19-21/h1-2,7-8,13-14,22H,3-6,9-12H2. The highest BCUT2D eigenvalue weighted by Crippen LogP contribution is 2.22. The second-order valence-electron chi connectivity index (χ2n) is 6.25. The van der Waals surface area contributed by atoms with Gasteiger partial charge in [-0.1, -0.05) is 12.1 Å². The van der Waals surface area contributed by atoms with E-state index < -0.39 is 0 Å². The second kappa shape index (κ2) is 7.57. The van der Waals surface area contributed by atoms with Gasteiger partial charge in [0.1, 0.15) is 0 Å². The van der Waals surface area contributed by atoms with Gasteiger partial charge in [-0.15, -0.1) is 0 Å². The lowest BCUT2D eigenvalue weighted by molar-refractivity contribution is -0.132. The van der Waals surface area contributed by atoms with Crippen molar-refractivity contribution in [3.8, 4) is 0 Å². The van der Waals surface area contributed by atoms with E-state index in [-0.39, 0.29) is 24.0 Å². The molecule has 0 aliphatic carbocycles. The van der Waals surface area contributed by atoms with Crippen LogP contribution in [0.5, 0.6) is 0 Å². The Bertz CT molecular complexity index is 771. The maximum Gasteiger partial charge on any atom is 0.224 e.